The lowest BCUT2D eigenvalue weighted by Crippen LogP contribution is -2.42. The molecule has 1 heterocycles. The molecule has 1 aliphatic carbocycles. The Morgan fingerprint density at radius 2 is 1.85 bits per heavy atom. The standard InChI is InChI=1S/C21H32N4.HI/c1-17-10-12-25(13-11-17)16-19-7-5-6-18(14-19)15-23-21(22-2)24-20-8-3-4-9-20;/h3-7,14,17,20H,8-13,15-16H2,1-2H3,(H2,22,23,24);1H. The van der Waals surface area contributed by atoms with Crippen LogP contribution in [0.1, 0.15) is 43.7 Å². The Balaban J connectivity index is 0.00000243. The van der Waals surface area contributed by atoms with Crippen molar-refractivity contribution >= 4 is 29.9 Å². The average molecular weight is 468 g/mol. The van der Waals surface area contributed by atoms with E-state index in [4.69, 9.17) is 0 Å². The zero-order valence-corrected chi connectivity index (χ0v) is 18.4. The monoisotopic (exact) mass is 468 g/mol. The first kappa shape index (κ1) is 21.2. The van der Waals surface area contributed by atoms with Crippen LogP contribution in [0.5, 0.6) is 0 Å². The van der Waals surface area contributed by atoms with Crippen LogP contribution < -0.4 is 10.6 Å². The van der Waals surface area contributed by atoms with E-state index in [1.807, 2.05) is 7.05 Å². The number of hydrogen-bond acceptors (Lipinski definition) is 2. The summed E-state index contributed by atoms with van der Waals surface area (Å²) in [4.78, 5) is 6.93. The minimum Gasteiger partial charge on any atom is -0.353 e. The summed E-state index contributed by atoms with van der Waals surface area (Å²) in [6, 6.07) is 9.43. The molecule has 1 saturated heterocycles. The van der Waals surface area contributed by atoms with Crippen molar-refractivity contribution in [2.75, 3.05) is 20.1 Å². The van der Waals surface area contributed by atoms with Gasteiger partial charge < -0.3 is 10.6 Å². The second-order valence-electron chi connectivity index (χ2n) is 7.49. The van der Waals surface area contributed by atoms with Gasteiger partial charge in [-0.15, -0.1) is 24.0 Å². The summed E-state index contributed by atoms with van der Waals surface area (Å²) in [6.45, 7) is 6.71. The summed E-state index contributed by atoms with van der Waals surface area (Å²) in [5, 5.41) is 6.94. The topological polar surface area (TPSA) is 39.7 Å². The first-order valence-electron chi connectivity index (χ1n) is 9.65. The number of benzene rings is 1. The van der Waals surface area contributed by atoms with E-state index in [0.717, 1.165) is 37.8 Å². The van der Waals surface area contributed by atoms with E-state index in [2.05, 4.69) is 63.9 Å². The fraction of sp³-hybridized carbons (Fsp3) is 0.571. The molecule has 144 valence electrons. The molecule has 1 aliphatic heterocycles. The third-order valence-corrected chi connectivity index (χ3v) is 5.31. The largest absolute Gasteiger partial charge is 0.353 e. The lowest BCUT2D eigenvalue weighted by atomic mass is 9.98. The predicted molar refractivity (Wildman–Crippen MR) is 121 cm³/mol. The van der Waals surface area contributed by atoms with Crippen LogP contribution in [0.3, 0.4) is 0 Å². The second kappa shape index (κ2) is 10.9. The Hall–Kier alpha value is -1.08. The first-order chi connectivity index (χ1) is 12.2. The molecule has 0 bridgehead atoms. The summed E-state index contributed by atoms with van der Waals surface area (Å²) in [7, 11) is 1.84. The Kier molecular flexibility index (Phi) is 8.91. The van der Waals surface area contributed by atoms with E-state index in [-0.39, 0.29) is 24.0 Å². The number of rotatable bonds is 5. The van der Waals surface area contributed by atoms with Gasteiger partial charge in [-0.2, -0.15) is 0 Å². The molecule has 1 aromatic carbocycles. The third-order valence-electron chi connectivity index (χ3n) is 5.31. The van der Waals surface area contributed by atoms with Crippen molar-refractivity contribution in [3.05, 3.63) is 47.5 Å². The molecule has 0 aromatic heterocycles. The normalized spacial score (nSPS) is 19.4. The lowest BCUT2D eigenvalue weighted by Gasteiger charge is -2.30. The van der Waals surface area contributed by atoms with Crippen LogP contribution in [0.2, 0.25) is 0 Å². The van der Waals surface area contributed by atoms with Gasteiger partial charge in [0.05, 0.1) is 0 Å². The molecule has 0 unspecified atom stereocenters. The lowest BCUT2D eigenvalue weighted by molar-refractivity contribution is 0.185. The van der Waals surface area contributed by atoms with Crippen molar-refractivity contribution in [1.82, 2.24) is 15.5 Å². The molecule has 0 saturated carbocycles. The van der Waals surface area contributed by atoms with Crippen LogP contribution >= 0.6 is 24.0 Å². The molecule has 5 heteroatoms. The second-order valence-corrected chi connectivity index (χ2v) is 7.49. The van der Waals surface area contributed by atoms with E-state index in [9.17, 15) is 0 Å². The molecular weight excluding hydrogens is 435 g/mol. The summed E-state index contributed by atoms with van der Waals surface area (Å²) >= 11 is 0. The SMILES string of the molecule is CN=C(NCc1cccc(CN2CCC(C)CC2)c1)NC1CC=CC1.I. The molecule has 0 radical (unpaired) electrons. The van der Waals surface area contributed by atoms with E-state index in [1.165, 1.54) is 37.1 Å². The Labute approximate surface area is 175 Å². The number of aliphatic imine (C=N–C) groups is 1. The van der Waals surface area contributed by atoms with Gasteiger partial charge in [-0.1, -0.05) is 43.3 Å². The Morgan fingerprint density at radius 1 is 1.15 bits per heavy atom. The van der Waals surface area contributed by atoms with Crippen LogP contribution in [0.25, 0.3) is 0 Å². The van der Waals surface area contributed by atoms with Gasteiger partial charge in [-0.05, 0) is 55.8 Å². The number of piperidine rings is 1. The van der Waals surface area contributed by atoms with Crippen molar-refractivity contribution in [3.8, 4) is 0 Å². The molecule has 2 aliphatic rings. The molecule has 4 nitrogen and oxygen atoms in total. The van der Waals surface area contributed by atoms with Crippen LogP contribution in [0.15, 0.2) is 41.4 Å². The fourth-order valence-electron chi connectivity index (χ4n) is 3.63. The number of likely N-dealkylation sites (tertiary alicyclic amines) is 1. The Morgan fingerprint density at radius 3 is 2.54 bits per heavy atom. The number of nitrogens with zero attached hydrogens (tertiary/aromatic N) is 2. The summed E-state index contributed by atoms with van der Waals surface area (Å²) in [6.07, 6.45) is 9.30. The zero-order valence-electron chi connectivity index (χ0n) is 16.1. The maximum atomic E-state index is 4.35. The van der Waals surface area contributed by atoms with Gasteiger partial charge in [-0.3, -0.25) is 9.89 Å². The van der Waals surface area contributed by atoms with E-state index in [1.54, 1.807) is 0 Å². The molecule has 0 amide bonds. The van der Waals surface area contributed by atoms with E-state index < -0.39 is 0 Å². The van der Waals surface area contributed by atoms with Crippen LogP contribution in [-0.4, -0.2) is 37.0 Å². The van der Waals surface area contributed by atoms with Crippen molar-refractivity contribution in [3.63, 3.8) is 0 Å². The molecule has 0 atom stereocenters. The number of hydrogen-bond donors (Lipinski definition) is 2. The number of halogens is 1. The minimum atomic E-state index is 0. The molecule has 26 heavy (non-hydrogen) atoms. The summed E-state index contributed by atoms with van der Waals surface area (Å²) in [5.74, 6) is 1.78. The van der Waals surface area contributed by atoms with Crippen molar-refractivity contribution in [2.45, 2.75) is 51.7 Å². The maximum absolute atomic E-state index is 4.35. The highest BCUT2D eigenvalue weighted by atomic mass is 127. The van der Waals surface area contributed by atoms with Crippen LogP contribution in [-0.2, 0) is 13.1 Å². The third kappa shape index (κ3) is 6.58. The number of nitrogens with one attached hydrogen (secondary N) is 2. The van der Waals surface area contributed by atoms with Crippen molar-refractivity contribution < 1.29 is 0 Å². The molecule has 0 spiro atoms. The average Bonchev–Trinajstić information content (AvgIpc) is 3.14. The number of guanidine groups is 1. The molecule has 3 rings (SSSR count). The van der Waals surface area contributed by atoms with Gasteiger partial charge in [0.2, 0.25) is 0 Å². The Bertz CT molecular complexity index is 598. The zero-order chi connectivity index (χ0) is 17.5. The van der Waals surface area contributed by atoms with Gasteiger partial charge in [0.1, 0.15) is 0 Å². The van der Waals surface area contributed by atoms with Gasteiger partial charge in [0.15, 0.2) is 5.96 Å². The maximum Gasteiger partial charge on any atom is 0.191 e. The molecule has 1 aromatic rings. The van der Waals surface area contributed by atoms with Gasteiger partial charge >= 0.3 is 0 Å². The molecule has 2 N–H and O–H groups in total. The van der Waals surface area contributed by atoms with Gasteiger partial charge in [0, 0.05) is 26.2 Å². The quantitative estimate of drug-likeness (QED) is 0.298. The van der Waals surface area contributed by atoms with Crippen LogP contribution in [0.4, 0.5) is 0 Å². The van der Waals surface area contributed by atoms with E-state index in [0.29, 0.717) is 6.04 Å². The van der Waals surface area contributed by atoms with Gasteiger partial charge in [0.25, 0.3) is 0 Å². The van der Waals surface area contributed by atoms with Crippen molar-refractivity contribution in [1.29, 1.82) is 0 Å². The highest BCUT2D eigenvalue weighted by molar-refractivity contribution is 14.0. The summed E-state index contributed by atoms with van der Waals surface area (Å²) < 4.78 is 0. The summed E-state index contributed by atoms with van der Waals surface area (Å²) in [5.41, 5.74) is 2.73. The van der Waals surface area contributed by atoms with Gasteiger partial charge in [-0.25, -0.2) is 0 Å². The minimum absolute atomic E-state index is 0. The van der Waals surface area contributed by atoms with E-state index >= 15 is 0 Å². The molecule has 1 fully saturated rings. The smallest absolute Gasteiger partial charge is 0.191 e. The van der Waals surface area contributed by atoms with Crippen LogP contribution in [0, 0.1) is 5.92 Å². The highest BCUT2D eigenvalue weighted by Crippen LogP contribution is 2.18. The highest BCUT2D eigenvalue weighted by Gasteiger charge is 2.16. The molecular formula is C21H33IN4. The first-order valence-corrected chi connectivity index (χ1v) is 9.65. The predicted octanol–water partition coefficient (Wildman–Crippen LogP) is 3.92. The fourth-order valence-corrected chi connectivity index (χ4v) is 3.63. The van der Waals surface area contributed by atoms with Crippen molar-refractivity contribution in [2.24, 2.45) is 10.9 Å².